The number of ketones is 1. The lowest BCUT2D eigenvalue weighted by Gasteiger charge is -2.27. The second-order valence-corrected chi connectivity index (χ2v) is 7.83. The first kappa shape index (κ1) is 15.8. The van der Waals surface area contributed by atoms with Crippen molar-refractivity contribution in [1.29, 1.82) is 0 Å². The molecular formula is C19H14ClNO5. The van der Waals surface area contributed by atoms with Crippen LogP contribution in [0.25, 0.3) is 0 Å². The molecule has 1 N–H and O–H groups in total. The van der Waals surface area contributed by atoms with Gasteiger partial charge in [-0.15, -0.1) is 0 Å². The fraction of sp³-hybridized carbons (Fsp3) is 0.316. The van der Waals surface area contributed by atoms with Crippen LogP contribution in [0.4, 0.5) is 5.69 Å². The van der Waals surface area contributed by atoms with Crippen LogP contribution in [0, 0.1) is 16.0 Å². The zero-order valence-electron chi connectivity index (χ0n) is 13.7. The van der Waals surface area contributed by atoms with Crippen molar-refractivity contribution in [1.82, 2.24) is 0 Å². The van der Waals surface area contributed by atoms with Crippen LogP contribution < -0.4 is 4.74 Å². The van der Waals surface area contributed by atoms with Gasteiger partial charge in [0.1, 0.15) is 11.3 Å². The third-order valence-electron chi connectivity index (χ3n) is 5.77. The van der Waals surface area contributed by atoms with Crippen LogP contribution in [0.15, 0.2) is 36.4 Å². The number of benzene rings is 2. The van der Waals surface area contributed by atoms with Crippen molar-refractivity contribution in [2.75, 3.05) is 0 Å². The molecule has 1 aliphatic heterocycles. The monoisotopic (exact) mass is 371 g/mol. The maximum Gasteiger partial charge on any atom is 0.280 e. The quantitative estimate of drug-likeness (QED) is 0.495. The van der Waals surface area contributed by atoms with E-state index in [0.717, 1.165) is 12.0 Å². The van der Waals surface area contributed by atoms with Gasteiger partial charge < -0.3 is 9.84 Å². The average Bonchev–Trinajstić information content (AvgIpc) is 3.26. The van der Waals surface area contributed by atoms with Gasteiger partial charge >= 0.3 is 0 Å². The molecule has 1 heterocycles. The number of nitro groups is 1. The maximum atomic E-state index is 13.0. The van der Waals surface area contributed by atoms with E-state index in [2.05, 4.69) is 6.92 Å². The number of Topliss-reactive ketones (excluding diaryl/α,β-unsaturated/α-hetero) is 1. The predicted octanol–water partition coefficient (Wildman–Crippen LogP) is 3.59. The maximum absolute atomic E-state index is 13.0. The second-order valence-electron chi connectivity index (χ2n) is 7.27. The average molecular weight is 372 g/mol. The van der Waals surface area contributed by atoms with Gasteiger partial charge in [0.15, 0.2) is 5.78 Å². The minimum atomic E-state index is -2.30. The van der Waals surface area contributed by atoms with Crippen LogP contribution in [0.3, 0.4) is 0 Å². The highest BCUT2D eigenvalue weighted by atomic mass is 35.5. The number of carbonyl (C=O) groups is 1. The van der Waals surface area contributed by atoms with E-state index >= 15 is 0 Å². The molecule has 0 spiro atoms. The molecule has 1 saturated carbocycles. The van der Waals surface area contributed by atoms with Crippen molar-refractivity contribution >= 4 is 23.1 Å². The predicted molar refractivity (Wildman–Crippen MR) is 92.4 cm³/mol. The van der Waals surface area contributed by atoms with E-state index in [1.54, 1.807) is 12.1 Å². The van der Waals surface area contributed by atoms with Gasteiger partial charge in [-0.2, -0.15) is 0 Å². The number of aliphatic hydroxyl groups is 1. The Kier molecular flexibility index (Phi) is 2.81. The van der Waals surface area contributed by atoms with Crippen molar-refractivity contribution in [3.05, 3.63) is 68.8 Å². The Bertz CT molecular complexity index is 1020. The molecule has 2 aliphatic carbocycles. The number of nitro benzene ring substituents is 1. The summed E-state index contributed by atoms with van der Waals surface area (Å²) in [4.78, 5) is 21.9. The van der Waals surface area contributed by atoms with Crippen LogP contribution in [-0.4, -0.2) is 15.8 Å². The summed E-state index contributed by atoms with van der Waals surface area (Å²) < 4.78 is 5.76. The van der Waals surface area contributed by atoms with Crippen molar-refractivity contribution in [2.45, 2.75) is 29.9 Å². The fourth-order valence-corrected chi connectivity index (χ4v) is 4.65. The molecule has 4 atom stereocenters. The topological polar surface area (TPSA) is 89.7 Å². The van der Waals surface area contributed by atoms with Crippen LogP contribution >= 0.6 is 11.6 Å². The highest BCUT2D eigenvalue weighted by Gasteiger charge is 2.72. The van der Waals surface area contributed by atoms with Crippen molar-refractivity contribution < 1.29 is 19.6 Å². The molecule has 5 rings (SSSR count). The number of hydrogen-bond donors (Lipinski definition) is 1. The lowest BCUT2D eigenvalue weighted by atomic mass is 9.90. The number of nitrogens with zero attached hydrogens (tertiary/aromatic N) is 1. The summed E-state index contributed by atoms with van der Waals surface area (Å²) in [7, 11) is 0. The van der Waals surface area contributed by atoms with Crippen molar-refractivity contribution in [3.8, 4) is 5.75 Å². The number of hydrogen-bond acceptors (Lipinski definition) is 5. The molecule has 0 amide bonds. The molecule has 132 valence electrons. The molecule has 0 aromatic heterocycles. The molecule has 0 radical (unpaired) electrons. The van der Waals surface area contributed by atoms with E-state index in [4.69, 9.17) is 16.3 Å². The molecule has 1 fully saturated rings. The van der Waals surface area contributed by atoms with Crippen LogP contribution in [-0.2, 0) is 10.7 Å². The summed E-state index contributed by atoms with van der Waals surface area (Å²) in [6.07, 6.45) is 1.07. The van der Waals surface area contributed by atoms with Gasteiger partial charge in [0, 0.05) is 17.2 Å². The highest BCUT2D eigenvalue weighted by molar-refractivity contribution is 6.41. The first-order chi connectivity index (χ1) is 12.3. The summed E-state index contributed by atoms with van der Waals surface area (Å²) >= 11 is 6.66. The van der Waals surface area contributed by atoms with E-state index in [9.17, 15) is 20.0 Å². The minimum Gasteiger partial charge on any atom is -0.455 e. The first-order valence-corrected chi connectivity index (χ1v) is 8.74. The standard InChI is InChI=1S/C19H14ClNO5/c1-9-7-12(9)10-5-6-13-15(8-10)26-19(23)16-11(17(22)18(13,19)20)3-2-4-14(16)21(24)25/h2-6,8-9,12,23H,7H2,1H3/t9-,12-,18?,19?/m1/s1. The summed E-state index contributed by atoms with van der Waals surface area (Å²) in [6, 6.07) is 9.42. The first-order valence-electron chi connectivity index (χ1n) is 8.36. The summed E-state index contributed by atoms with van der Waals surface area (Å²) in [5.74, 6) is -1.60. The van der Waals surface area contributed by atoms with Crippen LogP contribution in [0.1, 0.15) is 46.3 Å². The molecule has 2 aromatic rings. The number of halogens is 1. The lowest BCUT2D eigenvalue weighted by Crippen LogP contribution is -2.44. The van der Waals surface area contributed by atoms with Gasteiger partial charge in [-0.3, -0.25) is 14.9 Å². The zero-order chi connectivity index (χ0) is 18.4. The van der Waals surface area contributed by atoms with E-state index in [1.807, 2.05) is 6.07 Å². The Morgan fingerprint density at radius 3 is 2.73 bits per heavy atom. The van der Waals surface area contributed by atoms with E-state index < -0.39 is 21.4 Å². The van der Waals surface area contributed by atoms with Gasteiger partial charge in [-0.05, 0) is 29.9 Å². The molecule has 2 aromatic carbocycles. The smallest absolute Gasteiger partial charge is 0.280 e. The number of carbonyl (C=O) groups excluding carboxylic acids is 1. The van der Waals surface area contributed by atoms with E-state index in [0.29, 0.717) is 23.1 Å². The number of ether oxygens (including phenoxy) is 1. The summed E-state index contributed by atoms with van der Waals surface area (Å²) in [5, 5.41) is 22.7. The molecule has 0 bridgehead atoms. The number of fused-ring (bicyclic) bond motifs is 5. The molecule has 2 unspecified atom stereocenters. The van der Waals surface area contributed by atoms with Crippen LogP contribution in [0.2, 0.25) is 0 Å². The Morgan fingerprint density at radius 1 is 1.35 bits per heavy atom. The van der Waals surface area contributed by atoms with Gasteiger partial charge in [0.05, 0.1) is 4.92 Å². The van der Waals surface area contributed by atoms with E-state index in [-0.39, 0.29) is 16.8 Å². The fourth-order valence-electron chi connectivity index (χ4n) is 4.26. The molecule has 26 heavy (non-hydrogen) atoms. The van der Waals surface area contributed by atoms with Crippen molar-refractivity contribution in [2.24, 2.45) is 5.92 Å². The van der Waals surface area contributed by atoms with Gasteiger partial charge in [0.25, 0.3) is 11.5 Å². The van der Waals surface area contributed by atoms with Gasteiger partial charge in [-0.1, -0.05) is 42.8 Å². The zero-order valence-corrected chi connectivity index (χ0v) is 14.5. The Balaban J connectivity index is 1.73. The third-order valence-corrected chi connectivity index (χ3v) is 6.41. The van der Waals surface area contributed by atoms with Gasteiger partial charge in [0.2, 0.25) is 4.87 Å². The Morgan fingerprint density at radius 2 is 2.08 bits per heavy atom. The largest absolute Gasteiger partial charge is 0.455 e. The molecular weight excluding hydrogens is 358 g/mol. The molecule has 0 saturated heterocycles. The molecule has 7 heteroatoms. The summed E-state index contributed by atoms with van der Waals surface area (Å²) in [5.41, 5.74) is 0.846. The number of alkyl halides is 1. The SMILES string of the molecule is C[C@@H]1C[C@H]1c1ccc2c(c1)OC1(O)c3c(cccc3[N+](=O)[O-])C(=O)C21Cl. The Hall–Kier alpha value is -2.44. The second kappa shape index (κ2) is 4.64. The van der Waals surface area contributed by atoms with Crippen molar-refractivity contribution in [3.63, 3.8) is 0 Å². The Labute approximate surface area is 153 Å². The van der Waals surface area contributed by atoms with Gasteiger partial charge in [-0.25, -0.2) is 0 Å². The highest BCUT2D eigenvalue weighted by Crippen LogP contribution is 2.63. The minimum absolute atomic E-state index is 0.0160. The molecule has 3 aliphatic rings. The summed E-state index contributed by atoms with van der Waals surface area (Å²) in [6.45, 7) is 2.15. The van der Waals surface area contributed by atoms with E-state index in [1.165, 1.54) is 18.2 Å². The third kappa shape index (κ3) is 1.64. The lowest BCUT2D eigenvalue weighted by molar-refractivity contribution is -0.387. The molecule has 6 nitrogen and oxygen atoms in total. The number of rotatable bonds is 2. The van der Waals surface area contributed by atoms with Crippen LogP contribution in [0.5, 0.6) is 5.75 Å². The normalized spacial score (nSPS) is 33.3.